The van der Waals surface area contributed by atoms with Crippen LogP contribution in [0.3, 0.4) is 0 Å². The maximum absolute atomic E-state index is 6.18. The van der Waals surface area contributed by atoms with E-state index < -0.39 is 8.80 Å². The molecule has 1 saturated heterocycles. The van der Waals surface area contributed by atoms with E-state index in [1.54, 1.807) is 14.2 Å². The minimum absolute atomic E-state index is 0.463. The van der Waals surface area contributed by atoms with Crippen LogP contribution in [-0.2, 0) is 13.3 Å². The number of piperidine rings is 1. The second-order valence-corrected chi connectivity index (χ2v) is 8.07. The summed E-state index contributed by atoms with van der Waals surface area (Å²) in [5.41, 5.74) is 0. The van der Waals surface area contributed by atoms with Crippen LogP contribution in [0.1, 0.15) is 19.3 Å². The normalized spacial score (nSPS) is 21.1. The highest BCUT2D eigenvalue weighted by molar-refractivity contribution is 6.75. The fraction of sp³-hybridized carbons (Fsp3) is 0.600. The molecule has 5 heteroatoms. The number of rotatable bonds is 6. The van der Waals surface area contributed by atoms with Crippen molar-refractivity contribution in [3.05, 3.63) is 30.3 Å². The van der Waals surface area contributed by atoms with Crippen molar-refractivity contribution in [1.29, 1.82) is 0 Å². The molecule has 1 aliphatic heterocycles. The third kappa shape index (κ3) is 3.48. The van der Waals surface area contributed by atoms with Crippen molar-refractivity contribution in [2.45, 2.75) is 25.3 Å². The second kappa shape index (κ2) is 7.33. The van der Waals surface area contributed by atoms with Gasteiger partial charge in [0, 0.05) is 25.4 Å². The summed E-state index contributed by atoms with van der Waals surface area (Å²) in [6.45, 7) is 1.81. The lowest BCUT2D eigenvalue weighted by Gasteiger charge is -2.35. The Bertz CT molecular complexity index is 397. The van der Waals surface area contributed by atoms with E-state index in [1.165, 1.54) is 19.3 Å². The summed E-state index contributed by atoms with van der Waals surface area (Å²) in [6.07, 6.45) is 3.74. The molecule has 0 N–H and O–H groups in total. The van der Waals surface area contributed by atoms with Gasteiger partial charge >= 0.3 is 8.80 Å². The standard InChI is InChI=1S/C15H25NO3Si/c1-16-12-8-7-9-14(16)13-19-20(17-2,18-3)15-10-5-4-6-11-15/h4-6,10-11,14H,7-9,12-13H2,1-3H3. The molecular formula is C15H25NO3Si. The molecule has 1 atom stereocenters. The van der Waals surface area contributed by atoms with Gasteiger partial charge in [0.2, 0.25) is 0 Å². The smallest absolute Gasteiger partial charge is 0.373 e. The number of nitrogens with zero attached hydrogens (tertiary/aromatic N) is 1. The van der Waals surface area contributed by atoms with Gasteiger partial charge in [0.15, 0.2) is 0 Å². The molecule has 0 spiro atoms. The molecule has 1 aromatic rings. The molecule has 0 aliphatic carbocycles. The van der Waals surface area contributed by atoms with E-state index in [-0.39, 0.29) is 0 Å². The van der Waals surface area contributed by atoms with E-state index in [9.17, 15) is 0 Å². The van der Waals surface area contributed by atoms with Crippen LogP contribution in [-0.4, -0.2) is 54.2 Å². The Balaban J connectivity index is 2.05. The summed E-state index contributed by atoms with van der Waals surface area (Å²) < 4.78 is 17.5. The first-order valence-electron chi connectivity index (χ1n) is 7.22. The van der Waals surface area contributed by atoms with Crippen LogP contribution < -0.4 is 5.19 Å². The average molecular weight is 295 g/mol. The van der Waals surface area contributed by atoms with Crippen molar-refractivity contribution < 1.29 is 13.3 Å². The van der Waals surface area contributed by atoms with Crippen molar-refractivity contribution in [2.75, 3.05) is 34.4 Å². The molecule has 0 radical (unpaired) electrons. The molecule has 1 aliphatic rings. The Morgan fingerprint density at radius 1 is 1.15 bits per heavy atom. The first-order valence-corrected chi connectivity index (χ1v) is 8.94. The monoisotopic (exact) mass is 295 g/mol. The highest BCUT2D eigenvalue weighted by atomic mass is 28.4. The number of likely N-dealkylation sites (N-methyl/N-ethyl adjacent to an activating group) is 1. The molecule has 1 fully saturated rings. The van der Waals surface area contributed by atoms with Crippen molar-refractivity contribution in [2.24, 2.45) is 0 Å². The van der Waals surface area contributed by atoms with Crippen molar-refractivity contribution in [1.82, 2.24) is 4.90 Å². The quantitative estimate of drug-likeness (QED) is 0.746. The Labute approximate surface area is 123 Å². The van der Waals surface area contributed by atoms with E-state index in [1.807, 2.05) is 30.3 Å². The number of likely N-dealkylation sites (tertiary alicyclic amines) is 1. The van der Waals surface area contributed by atoms with E-state index in [2.05, 4.69) is 11.9 Å². The van der Waals surface area contributed by atoms with Gasteiger partial charge in [-0.2, -0.15) is 0 Å². The molecule has 112 valence electrons. The van der Waals surface area contributed by atoms with Crippen LogP contribution in [0.5, 0.6) is 0 Å². The molecule has 20 heavy (non-hydrogen) atoms. The highest BCUT2D eigenvalue weighted by Crippen LogP contribution is 2.17. The molecule has 1 heterocycles. The predicted octanol–water partition coefficient (Wildman–Crippen LogP) is 1.63. The molecule has 4 nitrogen and oxygen atoms in total. The first-order chi connectivity index (χ1) is 9.72. The van der Waals surface area contributed by atoms with E-state index >= 15 is 0 Å². The third-order valence-electron chi connectivity index (χ3n) is 4.05. The van der Waals surface area contributed by atoms with Gasteiger partial charge < -0.3 is 18.2 Å². The summed E-state index contributed by atoms with van der Waals surface area (Å²) >= 11 is 0. The zero-order chi connectivity index (χ0) is 14.4. The fourth-order valence-electron chi connectivity index (χ4n) is 2.72. The summed E-state index contributed by atoms with van der Waals surface area (Å²) in [5, 5.41) is 1.02. The summed E-state index contributed by atoms with van der Waals surface area (Å²) in [5.74, 6) is 0. The molecule has 1 unspecified atom stereocenters. The van der Waals surface area contributed by atoms with Gasteiger partial charge in [-0.25, -0.2) is 0 Å². The van der Waals surface area contributed by atoms with Gasteiger partial charge in [0.25, 0.3) is 0 Å². The summed E-state index contributed by atoms with van der Waals surface area (Å²) in [7, 11) is 2.75. The van der Waals surface area contributed by atoms with E-state index in [0.717, 1.165) is 11.7 Å². The number of hydrogen-bond acceptors (Lipinski definition) is 4. The average Bonchev–Trinajstić information content (AvgIpc) is 2.51. The Morgan fingerprint density at radius 2 is 1.85 bits per heavy atom. The van der Waals surface area contributed by atoms with Gasteiger partial charge in [0.1, 0.15) is 0 Å². The SMILES string of the molecule is CO[Si](OC)(OCC1CCCCN1C)c1ccccc1. The Morgan fingerprint density at radius 3 is 2.45 bits per heavy atom. The topological polar surface area (TPSA) is 30.9 Å². The van der Waals surface area contributed by atoms with Crippen LogP contribution in [0.2, 0.25) is 0 Å². The summed E-state index contributed by atoms with van der Waals surface area (Å²) in [6, 6.07) is 10.5. The molecule has 0 aromatic heterocycles. The van der Waals surface area contributed by atoms with Gasteiger partial charge in [-0.3, -0.25) is 0 Å². The molecule has 1 aromatic carbocycles. The van der Waals surface area contributed by atoms with Crippen molar-refractivity contribution >= 4 is 14.0 Å². The Kier molecular flexibility index (Phi) is 5.74. The van der Waals surface area contributed by atoms with Crippen molar-refractivity contribution in [3.63, 3.8) is 0 Å². The maximum Gasteiger partial charge on any atom is 0.536 e. The lowest BCUT2D eigenvalue weighted by atomic mass is 10.0. The van der Waals surface area contributed by atoms with Crippen LogP contribution in [0.25, 0.3) is 0 Å². The largest absolute Gasteiger partial charge is 0.536 e. The van der Waals surface area contributed by atoms with E-state index in [4.69, 9.17) is 13.3 Å². The minimum atomic E-state index is -2.76. The second-order valence-electron chi connectivity index (χ2n) is 5.27. The van der Waals surface area contributed by atoms with Crippen LogP contribution in [0.15, 0.2) is 30.3 Å². The lowest BCUT2D eigenvalue weighted by Crippen LogP contribution is -2.57. The lowest BCUT2D eigenvalue weighted by molar-refractivity contribution is 0.0635. The molecule has 0 amide bonds. The highest BCUT2D eigenvalue weighted by Gasteiger charge is 2.42. The zero-order valence-electron chi connectivity index (χ0n) is 12.7. The fourth-order valence-corrected chi connectivity index (χ4v) is 4.78. The van der Waals surface area contributed by atoms with E-state index in [0.29, 0.717) is 12.6 Å². The van der Waals surface area contributed by atoms with Gasteiger partial charge in [-0.1, -0.05) is 36.8 Å². The van der Waals surface area contributed by atoms with Gasteiger partial charge in [-0.15, -0.1) is 0 Å². The van der Waals surface area contributed by atoms with Crippen LogP contribution in [0.4, 0.5) is 0 Å². The maximum atomic E-state index is 6.18. The Hall–Kier alpha value is -0.723. The van der Waals surface area contributed by atoms with Crippen molar-refractivity contribution in [3.8, 4) is 0 Å². The van der Waals surface area contributed by atoms with Gasteiger partial charge in [-0.05, 0) is 26.4 Å². The molecular weight excluding hydrogens is 270 g/mol. The molecule has 2 rings (SSSR count). The van der Waals surface area contributed by atoms with Gasteiger partial charge in [0.05, 0.1) is 6.61 Å². The predicted molar refractivity (Wildman–Crippen MR) is 82.1 cm³/mol. The third-order valence-corrected chi connectivity index (χ3v) is 6.71. The number of benzene rings is 1. The molecule has 0 saturated carbocycles. The first kappa shape index (κ1) is 15.7. The van der Waals surface area contributed by atoms with Crippen LogP contribution >= 0.6 is 0 Å². The van der Waals surface area contributed by atoms with Crippen LogP contribution in [0, 0.1) is 0 Å². The minimum Gasteiger partial charge on any atom is -0.373 e. The molecule has 0 bridgehead atoms. The number of hydrogen-bond donors (Lipinski definition) is 0. The summed E-state index contributed by atoms with van der Waals surface area (Å²) in [4.78, 5) is 2.37. The zero-order valence-corrected chi connectivity index (χ0v) is 13.7.